The van der Waals surface area contributed by atoms with E-state index in [0.717, 1.165) is 5.56 Å². The third-order valence-electron chi connectivity index (χ3n) is 2.57. The normalized spacial score (nSPS) is 11.2. The summed E-state index contributed by atoms with van der Waals surface area (Å²) in [5.74, 6) is 0.259. The molecule has 2 N–H and O–H groups in total. The minimum atomic E-state index is -0.472. The third-order valence-corrected chi connectivity index (χ3v) is 2.57. The summed E-state index contributed by atoms with van der Waals surface area (Å²) in [6.07, 6.45) is -0.323. The van der Waals surface area contributed by atoms with Gasteiger partial charge in [0.25, 0.3) is 0 Å². The molecule has 1 amide bonds. The first-order chi connectivity index (χ1) is 9.28. The van der Waals surface area contributed by atoms with E-state index in [2.05, 4.69) is 5.32 Å². The number of carbonyl (C=O) groups is 1. The molecule has 0 radical (unpaired) electrons. The van der Waals surface area contributed by atoms with Crippen LogP contribution in [0, 0.1) is 0 Å². The van der Waals surface area contributed by atoms with Crippen molar-refractivity contribution < 1.29 is 14.6 Å². The van der Waals surface area contributed by atoms with Crippen LogP contribution in [0.1, 0.15) is 26.3 Å². The monoisotopic (exact) mass is 280 g/mol. The van der Waals surface area contributed by atoms with Crippen LogP contribution in [0.25, 0.3) is 0 Å². The molecule has 1 aromatic carbocycles. The largest absolute Gasteiger partial charge is 0.508 e. The van der Waals surface area contributed by atoms with Crippen molar-refractivity contribution in [1.82, 2.24) is 10.2 Å². The van der Waals surface area contributed by atoms with Crippen LogP contribution in [0.4, 0.5) is 4.79 Å². The van der Waals surface area contributed by atoms with Crippen molar-refractivity contribution >= 4 is 6.09 Å². The van der Waals surface area contributed by atoms with E-state index in [1.165, 1.54) is 0 Å². The van der Waals surface area contributed by atoms with E-state index in [4.69, 9.17) is 4.74 Å². The predicted octanol–water partition coefficient (Wildman–Crippen LogP) is 2.35. The number of aromatic hydroxyl groups is 1. The number of rotatable bonds is 5. The summed E-state index contributed by atoms with van der Waals surface area (Å²) in [6, 6.07) is 7.09. The summed E-state index contributed by atoms with van der Waals surface area (Å²) < 4.78 is 5.26. The fourth-order valence-corrected chi connectivity index (χ4v) is 1.58. The zero-order valence-corrected chi connectivity index (χ0v) is 12.6. The second-order valence-electron chi connectivity index (χ2n) is 5.75. The van der Waals surface area contributed by atoms with Crippen LogP contribution < -0.4 is 5.32 Å². The van der Waals surface area contributed by atoms with Crippen LogP contribution in [0.15, 0.2) is 24.3 Å². The van der Waals surface area contributed by atoms with Gasteiger partial charge in [-0.15, -0.1) is 0 Å². The molecular formula is C15H24N2O3. The van der Waals surface area contributed by atoms with Crippen molar-refractivity contribution in [1.29, 1.82) is 0 Å². The molecule has 0 fully saturated rings. The number of hydrogen-bond acceptors (Lipinski definition) is 4. The Morgan fingerprint density at radius 3 is 2.70 bits per heavy atom. The Morgan fingerprint density at radius 1 is 1.40 bits per heavy atom. The lowest BCUT2D eigenvalue weighted by molar-refractivity contribution is 0.0300. The molecule has 0 aliphatic heterocycles. The van der Waals surface area contributed by atoms with Crippen molar-refractivity contribution in [3.05, 3.63) is 29.8 Å². The van der Waals surface area contributed by atoms with Gasteiger partial charge in [-0.05, 0) is 38.5 Å². The molecule has 0 aliphatic carbocycles. The molecule has 5 nitrogen and oxygen atoms in total. The van der Waals surface area contributed by atoms with E-state index in [9.17, 15) is 9.90 Å². The molecule has 0 saturated carbocycles. The SMILES string of the molecule is CN(CCNCc1cccc(O)c1)C(=O)OC(C)(C)C. The van der Waals surface area contributed by atoms with Crippen LogP contribution in [0.3, 0.4) is 0 Å². The van der Waals surface area contributed by atoms with Crippen molar-refractivity contribution in [2.45, 2.75) is 32.9 Å². The molecule has 112 valence electrons. The van der Waals surface area contributed by atoms with Crippen molar-refractivity contribution in [3.63, 3.8) is 0 Å². The van der Waals surface area contributed by atoms with E-state index < -0.39 is 5.60 Å². The number of amides is 1. The van der Waals surface area contributed by atoms with Gasteiger partial charge in [-0.3, -0.25) is 0 Å². The lowest BCUT2D eigenvalue weighted by Gasteiger charge is -2.24. The van der Waals surface area contributed by atoms with Gasteiger partial charge in [-0.1, -0.05) is 12.1 Å². The number of nitrogens with one attached hydrogen (secondary N) is 1. The first-order valence-electron chi connectivity index (χ1n) is 6.71. The molecule has 0 spiro atoms. The van der Waals surface area contributed by atoms with E-state index in [1.54, 1.807) is 30.1 Å². The zero-order chi connectivity index (χ0) is 15.2. The predicted molar refractivity (Wildman–Crippen MR) is 78.7 cm³/mol. The molecule has 1 aromatic rings. The van der Waals surface area contributed by atoms with Gasteiger partial charge >= 0.3 is 6.09 Å². The molecule has 20 heavy (non-hydrogen) atoms. The Balaban J connectivity index is 2.25. The Labute approximate surface area is 120 Å². The van der Waals surface area contributed by atoms with Crippen LogP contribution >= 0.6 is 0 Å². The molecule has 0 unspecified atom stereocenters. The van der Waals surface area contributed by atoms with Gasteiger partial charge in [0.2, 0.25) is 0 Å². The maximum atomic E-state index is 11.7. The summed E-state index contributed by atoms with van der Waals surface area (Å²) in [6.45, 7) is 7.41. The Morgan fingerprint density at radius 2 is 2.10 bits per heavy atom. The highest BCUT2D eigenvalue weighted by Gasteiger charge is 2.18. The minimum absolute atomic E-state index is 0.259. The first-order valence-corrected chi connectivity index (χ1v) is 6.71. The summed E-state index contributed by atoms with van der Waals surface area (Å²) in [4.78, 5) is 13.3. The number of carbonyl (C=O) groups excluding carboxylic acids is 1. The number of ether oxygens (including phenoxy) is 1. The van der Waals surface area contributed by atoms with Crippen molar-refractivity contribution in [2.24, 2.45) is 0 Å². The fourth-order valence-electron chi connectivity index (χ4n) is 1.58. The van der Waals surface area contributed by atoms with Crippen molar-refractivity contribution in [2.75, 3.05) is 20.1 Å². The summed E-state index contributed by atoms with van der Waals surface area (Å²) in [5.41, 5.74) is 0.533. The number of hydrogen-bond donors (Lipinski definition) is 2. The lowest BCUT2D eigenvalue weighted by Crippen LogP contribution is -2.37. The molecule has 0 aromatic heterocycles. The molecule has 0 bridgehead atoms. The molecule has 0 saturated heterocycles. The van der Waals surface area contributed by atoms with Gasteiger partial charge in [0.15, 0.2) is 0 Å². The van der Waals surface area contributed by atoms with Gasteiger partial charge < -0.3 is 20.1 Å². The first kappa shape index (κ1) is 16.3. The van der Waals surface area contributed by atoms with E-state index in [1.807, 2.05) is 26.8 Å². The highest BCUT2D eigenvalue weighted by Crippen LogP contribution is 2.10. The third kappa shape index (κ3) is 6.43. The van der Waals surface area contributed by atoms with Gasteiger partial charge in [0.1, 0.15) is 11.4 Å². The van der Waals surface area contributed by atoms with Crippen LogP contribution in [0.5, 0.6) is 5.75 Å². The van der Waals surface area contributed by atoms with Gasteiger partial charge in [0, 0.05) is 26.7 Å². The number of phenolic OH excluding ortho intramolecular Hbond substituents is 1. The molecular weight excluding hydrogens is 256 g/mol. The van der Waals surface area contributed by atoms with Gasteiger partial charge in [-0.2, -0.15) is 0 Å². The van der Waals surface area contributed by atoms with Crippen molar-refractivity contribution in [3.8, 4) is 5.75 Å². The minimum Gasteiger partial charge on any atom is -0.508 e. The topological polar surface area (TPSA) is 61.8 Å². The van der Waals surface area contributed by atoms with Crippen LogP contribution in [0.2, 0.25) is 0 Å². The highest BCUT2D eigenvalue weighted by molar-refractivity contribution is 5.67. The summed E-state index contributed by atoms with van der Waals surface area (Å²) >= 11 is 0. The smallest absolute Gasteiger partial charge is 0.410 e. The second-order valence-corrected chi connectivity index (χ2v) is 5.75. The quantitative estimate of drug-likeness (QED) is 0.813. The molecule has 5 heteroatoms. The molecule has 0 atom stereocenters. The van der Waals surface area contributed by atoms with E-state index in [-0.39, 0.29) is 11.8 Å². The fraction of sp³-hybridized carbons (Fsp3) is 0.533. The van der Waals surface area contributed by atoms with Crippen LogP contribution in [-0.2, 0) is 11.3 Å². The number of benzene rings is 1. The summed E-state index contributed by atoms with van der Waals surface area (Å²) in [7, 11) is 1.71. The average Bonchev–Trinajstić information content (AvgIpc) is 2.32. The van der Waals surface area contributed by atoms with E-state index >= 15 is 0 Å². The Hall–Kier alpha value is -1.75. The van der Waals surface area contributed by atoms with Gasteiger partial charge in [0.05, 0.1) is 0 Å². The molecule has 1 rings (SSSR count). The van der Waals surface area contributed by atoms with E-state index in [0.29, 0.717) is 19.6 Å². The second kappa shape index (κ2) is 7.14. The van der Waals surface area contributed by atoms with Gasteiger partial charge in [-0.25, -0.2) is 4.79 Å². The maximum absolute atomic E-state index is 11.7. The standard InChI is InChI=1S/C15H24N2O3/c1-15(2,3)20-14(19)17(4)9-8-16-11-12-6-5-7-13(18)10-12/h5-7,10,16,18H,8-9,11H2,1-4H3. The Bertz CT molecular complexity index is 441. The number of nitrogens with zero attached hydrogens (tertiary/aromatic N) is 1. The van der Waals surface area contributed by atoms with Crippen LogP contribution in [-0.4, -0.2) is 41.8 Å². The molecule has 0 heterocycles. The number of likely N-dealkylation sites (N-methyl/N-ethyl adjacent to an activating group) is 1. The molecule has 0 aliphatic rings. The highest BCUT2D eigenvalue weighted by atomic mass is 16.6. The average molecular weight is 280 g/mol. The lowest BCUT2D eigenvalue weighted by atomic mass is 10.2. The zero-order valence-electron chi connectivity index (χ0n) is 12.6. The Kier molecular flexibility index (Phi) is 5.82. The summed E-state index contributed by atoms with van der Waals surface area (Å²) in [5, 5.41) is 12.6. The maximum Gasteiger partial charge on any atom is 0.410 e. The number of phenols is 1.